The highest BCUT2D eigenvalue weighted by molar-refractivity contribution is 7.11. The summed E-state index contributed by atoms with van der Waals surface area (Å²) in [4.78, 5) is 14.5. The molecule has 0 radical (unpaired) electrons. The number of benzene rings is 1. The van der Waals surface area contributed by atoms with Crippen LogP contribution in [0.15, 0.2) is 39.9 Å². The average Bonchev–Trinajstić information content (AvgIpc) is 3.28. The van der Waals surface area contributed by atoms with Crippen molar-refractivity contribution in [1.82, 2.24) is 20.6 Å². The van der Waals surface area contributed by atoms with Gasteiger partial charge in [-0.15, -0.1) is 11.3 Å². The van der Waals surface area contributed by atoms with Crippen LogP contribution < -0.4 is 10.6 Å². The van der Waals surface area contributed by atoms with Gasteiger partial charge in [-0.1, -0.05) is 0 Å². The van der Waals surface area contributed by atoms with Crippen molar-refractivity contribution in [1.29, 1.82) is 0 Å². The monoisotopic (exact) mass is 401 g/mol. The number of halogens is 1. The van der Waals surface area contributed by atoms with Gasteiger partial charge in [-0.3, -0.25) is 4.99 Å². The third-order valence-electron chi connectivity index (χ3n) is 4.24. The van der Waals surface area contributed by atoms with Crippen molar-refractivity contribution >= 4 is 17.3 Å². The predicted octanol–water partition coefficient (Wildman–Crippen LogP) is 3.50. The van der Waals surface area contributed by atoms with Gasteiger partial charge in [0.1, 0.15) is 12.1 Å². The van der Waals surface area contributed by atoms with E-state index in [1.807, 2.05) is 6.92 Å². The lowest BCUT2D eigenvalue weighted by Crippen LogP contribution is -2.39. The van der Waals surface area contributed by atoms with Crippen molar-refractivity contribution in [3.63, 3.8) is 0 Å². The van der Waals surface area contributed by atoms with E-state index in [4.69, 9.17) is 4.42 Å². The molecule has 0 unspecified atom stereocenters. The molecule has 0 bridgehead atoms. The van der Waals surface area contributed by atoms with Crippen LogP contribution in [0.25, 0.3) is 11.5 Å². The van der Waals surface area contributed by atoms with E-state index >= 15 is 0 Å². The Balaban J connectivity index is 1.42. The van der Waals surface area contributed by atoms with Crippen LogP contribution in [0.1, 0.15) is 21.3 Å². The molecule has 6 nitrogen and oxygen atoms in total. The number of nitrogens with zero attached hydrogens (tertiary/aromatic N) is 3. The van der Waals surface area contributed by atoms with E-state index in [9.17, 15) is 4.39 Å². The summed E-state index contributed by atoms with van der Waals surface area (Å²) >= 11 is 1.74. The van der Waals surface area contributed by atoms with Crippen LogP contribution in [0.4, 0.5) is 4.39 Å². The molecule has 0 spiro atoms. The summed E-state index contributed by atoms with van der Waals surface area (Å²) in [6, 6.07) is 6.09. The molecule has 8 heteroatoms. The second-order valence-electron chi connectivity index (χ2n) is 6.33. The molecule has 0 fully saturated rings. The highest BCUT2D eigenvalue weighted by Gasteiger charge is 2.08. The lowest BCUT2D eigenvalue weighted by Gasteiger charge is -2.10. The first-order chi connectivity index (χ1) is 13.5. The molecular weight excluding hydrogens is 377 g/mol. The SMILES string of the molecule is CN=C(NCCc1coc(-c2ccc(F)cc2)n1)NCCc1nc(C)c(C)s1. The quantitative estimate of drug-likeness (QED) is 0.468. The maximum Gasteiger partial charge on any atom is 0.226 e. The van der Waals surface area contributed by atoms with Crippen molar-refractivity contribution in [2.75, 3.05) is 20.1 Å². The third kappa shape index (κ3) is 5.39. The van der Waals surface area contributed by atoms with E-state index in [2.05, 4.69) is 32.5 Å². The molecule has 3 aromatic rings. The Morgan fingerprint density at radius 3 is 2.46 bits per heavy atom. The minimum Gasteiger partial charge on any atom is -0.444 e. The number of guanidine groups is 1. The van der Waals surface area contributed by atoms with Gasteiger partial charge in [0, 0.05) is 43.4 Å². The van der Waals surface area contributed by atoms with Crippen molar-refractivity contribution in [3.05, 3.63) is 57.6 Å². The summed E-state index contributed by atoms with van der Waals surface area (Å²) in [6.07, 6.45) is 3.18. The normalized spacial score (nSPS) is 11.6. The van der Waals surface area contributed by atoms with Crippen molar-refractivity contribution < 1.29 is 8.81 Å². The molecule has 0 aliphatic carbocycles. The van der Waals surface area contributed by atoms with Gasteiger partial charge in [0.2, 0.25) is 5.89 Å². The van der Waals surface area contributed by atoms with Crippen LogP contribution >= 0.6 is 11.3 Å². The molecule has 0 saturated carbocycles. The first kappa shape index (κ1) is 20.0. The number of aromatic nitrogens is 2. The van der Waals surface area contributed by atoms with Crippen LogP contribution in [-0.2, 0) is 12.8 Å². The Labute approximate surface area is 167 Å². The van der Waals surface area contributed by atoms with E-state index in [1.165, 1.54) is 17.0 Å². The lowest BCUT2D eigenvalue weighted by atomic mass is 10.2. The zero-order valence-corrected chi connectivity index (χ0v) is 17.1. The zero-order valence-electron chi connectivity index (χ0n) is 16.3. The van der Waals surface area contributed by atoms with E-state index in [1.54, 1.807) is 36.8 Å². The number of nitrogens with one attached hydrogen (secondary N) is 2. The Hall–Kier alpha value is -2.74. The molecule has 0 aliphatic rings. The van der Waals surface area contributed by atoms with E-state index in [-0.39, 0.29) is 5.82 Å². The Bertz CT molecular complexity index is 913. The Morgan fingerprint density at radius 1 is 1.11 bits per heavy atom. The van der Waals surface area contributed by atoms with Gasteiger partial charge in [-0.25, -0.2) is 14.4 Å². The van der Waals surface area contributed by atoms with Crippen LogP contribution in [0.2, 0.25) is 0 Å². The summed E-state index contributed by atoms with van der Waals surface area (Å²) in [5, 5.41) is 7.70. The van der Waals surface area contributed by atoms with Gasteiger partial charge in [0.15, 0.2) is 5.96 Å². The topological polar surface area (TPSA) is 75.3 Å². The van der Waals surface area contributed by atoms with Gasteiger partial charge in [0.25, 0.3) is 0 Å². The molecule has 28 heavy (non-hydrogen) atoms. The third-order valence-corrected chi connectivity index (χ3v) is 5.38. The molecular formula is C20H24FN5OS. The summed E-state index contributed by atoms with van der Waals surface area (Å²) in [5.74, 6) is 0.956. The molecule has 0 atom stereocenters. The summed E-state index contributed by atoms with van der Waals surface area (Å²) in [7, 11) is 1.75. The molecule has 3 rings (SSSR count). The summed E-state index contributed by atoms with van der Waals surface area (Å²) in [6.45, 7) is 5.57. The summed E-state index contributed by atoms with van der Waals surface area (Å²) in [5.41, 5.74) is 2.69. The van der Waals surface area contributed by atoms with E-state index in [0.717, 1.165) is 40.9 Å². The van der Waals surface area contributed by atoms with E-state index < -0.39 is 0 Å². The first-order valence-electron chi connectivity index (χ1n) is 9.13. The zero-order chi connectivity index (χ0) is 19.9. The van der Waals surface area contributed by atoms with Gasteiger partial charge in [-0.2, -0.15) is 0 Å². The van der Waals surface area contributed by atoms with Gasteiger partial charge in [-0.05, 0) is 38.1 Å². The molecule has 0 amide bonds. The second-order valence-corrected chi connectivity index (χ2v) is 7.61. The molecule has 1 aromatic carbocycles. The second kappa shape index (κ2) is 9.45. The van der Waals surface area contributed by atoms with E-state index in [0.29, 0.717) is 18.9 Å². The number of hydrogen-bond donors (Lipinski definition) is 2. The number of hydrogen-bond acceptors (Lipinski definition) is 5. The maximum absolute atomic E-state index is 13.0. The molecule has 0 saturated heterocycles. The van der Waals surface area contributed by atoms with Crippen molar-refractivity contribution in [3.8, 4) is 11.5 Å². The number of oxazole rings is 1. The van der Waals surface area contributed by atoms with Crippen molar-refractivity contribution in [2.24, 2.45) is 4.99 Å². The maximum atomic E-state index is 13.0. The minimum atomic E-state index is -0.279. The number of aliphatic imine (C=N–C) groups is 1. The van der Waals surface area contributed by atoms with Gasteiger partial charge in [0.05, 0.1) is 16.4 Å². The highest BCUT2D eigenvalue weighted by atomic mass is 32.1. The Kier molecular flexibility index (Phi) is 6.76. The molecule has 148 valence electrons. The lowest BCUT2D eigenvalue weighted by molar-refractivity contribution is 0.571. The largest absolute Gasteiger partial charge is 0.444 e. The molecule has 2 heterocycles. The van der Waals surface area contributed by atoms with Crippen molar-refractivity contribution in [2.45, 2.75) is 26.7 Å². The molecule has 2 N–H and O–H groups in total. The van der Waals surface area contributed by atoms with Crippen LogP contribution in [0.3, 0.4) is 0 Å². The van der Waals surface area contributed by atoms with Gasteiger partial charge < -0.3 is 15.1 Å². The fraction of sp³-hybridized carbons (Fsp3) is 0.350. The smallest absolute Gasteiger partial charge is 0.226 e. The van der Waals surface area contributed by atoms with Gasteiger partial charge >= 0.3 is 0 Å². The number of aryl methyl sites for hydroxylation is 2. The standard InChI is InChI=1S/C20H24FN5OS/c1-13-14(2)28-18(25-13)9-11-24-20(22-3)23-10-8-17-12-27-19(26-17)15-4-6-16(21)7-5-15/h4-7,12H,8-11H2,1-3H3,(H2,22,23,24). The Morgan fingerprint density at radius 2 is 1.82 bits per heavy atom. The van der Waals surface area contributed by atoms with Crippen LogP contribution in [-0.4, -0.2) is 36.1 Å². The minimum absolute atomic E-state index is 0.279. The average molecular weight is 402 g/mol. The van der Waals surface area contributed by atoms with Crippen LogP contribution in [0, 0.1) is 19.7 Å². The molecule has 2 aromatic heterocycles. The number of thiazole rings is 1. The summed E-state index contributed by atoms with van der Waals surface area (Å²) < 4.78 is 18.5. The fourth-order valence-electron chi connectivity index (χ4n) is 2.61. The first-order valence-corrected chi connectivity index (χ1v) is 9.94. The highest BCUT2D eigenvalue weighted by Crippen LogP contribution is 2.19. The number of rotatable bonds is 7. The molecule has 0 aliphatic heterocycles. The fourth-order valence-corrected chi connectivity index (χ4v) is 3.54. The predicted molar refractivity (Wildman–Crippen MR) is 110 cm³/mol. The van der Waals surface area contributed by atoms with Crippen LogP contribution in [0.5, 0.6) is 0 Å².